The van der Waals surface area contributed by atoms with Crippen LogP contribution in [0, 0.1) is 5.41 Å². The number of hydrogen-bond donors (Lipinski definition) is 1. The van der Waals surface area contributed by atoms with E-state index in [1.165, 1.54) is 0 Å². The van der Waals surface area contributed by atoms with Crippen molar-refractivity contribution in [1.29, 1.82) is 0 Å². The Morgan fingerprint density at radius 2 is 2.00 bits per heavy atom. The molecule has 2 heteroatoms. The maximum atomic E-state index is 5.61. The second-order valence-corrected chi connectivity index (χ2v) is 4.10. The van der Waals surface area contributed by atoms with Crippen LogP contribution in [0.5, 0.6) is 0 Å². The molecule has 0 aromatic rings. The van der Waals surface area contributed by atoms with Gasteiger partial charge in [-0.3, -0.25) is 5.32 Å². The van der Waals surface area contributed by atoms with Crippen molar-refractivity contribution in [3.8, 4) is 0 Å². The molecule has 1 saturated heterocycles. The van der Waals surface area contributed by atoms with Gasteiger partial charge in [0.1, 0.15) is 6.23 Å². The molecule has 1 fully saturated rings. The van der Waals surface area contributed by atoms with Crippen molar-refractivity contribution >= 4 is 0 Å². The highest BCUT2D eigenvalue weighted by Crippen LogP contribution is 2.24. The maximum Gasteiger partial charge on any atom is 0.113 e. The van der Waals surface area contributed by atoms with Gasteiger partial charge in [-0.1, -0.05) is 20.8 Å². The first-order valence-electron chi connectivity index (χ1n) is 3.89. The van der Waals surface area contributed by atoms with Gasteiger partial charge < -0.3 is 4.74 Å². The maximum absolute atomic E-state index is 5.61. The van der Waals surface area contributed by atoms with E-state index in [4.69, 9.17) is 4.74 Å². The standard InChI is InChI=1S/C8H17NO/c1-6-5-9-7(10-6)8(2,3)4/h6-7,9H,5H2,1-4H3. The third-order valence-electron chi connectivity index (χ3n) is 1.75. The predicted molar refractivity (Wildman–Crippen MR) is 41.8 cm³/mol. The van der Waals surface area contributed by atoms with E-state index >= 15 is 0 Å². The molecule has 0 aromatic heterocycles. The van der Waals surface area contributed by atoms with E-state index in [9.17, 15) is 0 Å². The van der Waals surface area contributed by atoms with Gasteiger partial charge >= 0.3 is 0 Å². The number of hydrogen-bond acceptors (Lipinski definition) is 2. The normalized spacial score (nSPS) is 34.8. The summed E-state index contributed by atoms with van der Waals surface area (Å²) in [7, 11) is 0. The second kappa shape index (κ2) is 2.51. The summed E-state index contributed by atoms with van der Waals surface area (Å²) in [6, 6.07) is 0. The molecule has 2 unspecified atom stereocenters. The summed E-state index contributed by atoms with van der Waals surface area (Å²) < 4.78 is 5.61. The van der Waals surface area contributed by atoms with Crippen molar-refractivity contribution in [3.05, 3.63) is 0 Å². The van der Waals surface area contributed by atoms with E-state index in [1.807, 2.05) is 0 Å². The highest BCUT2D eigenvalue weighted by molar-refractivity contribution is 4.79. The molecular weight excluding hydrogens is 126 g/mol. The van der Waals surface area contributed by atoms with Gasteiger partial charge in [-0.15, -0.1) is 0 Å². The summed E-state index contributed by atoms with van der Waals surface area (Å²) in [6.45, 7) is 9.63. The highest BCUT2D eigenvalue weighted by Gasteiger charge is 2.31. The molecule has 0 amide bonds. The van der Waals surface area contributed by atoms with Crippen LogP contribution >= 0.6 is 0 Å². The fourth-order valence-corrected chi connectivity index (χ4v) is 1.11. The Labute approximate surface area is 63.0 Å². The summed E-state index contributed by atoms with van der Waals surface area (Å²) in [5, 5.41) is 3.32. The largest absolute Gasteiger partial charge is 0.359 e. The molecule has 0 spiro atoms. The molecule has 0 aromatic carbocycles. The summed E-state index contributed by atoms with van der Waals surface area (Å²) in [5.41, 5.74) is 0.227. The highest BCUT2D eigenvalue weighted by atomic mass is 16.5. The summed E-state index contributed by atoms with van der Waals surface area (Å²) in [6.07, 6.45) is 0.617. The zero-order valence-electron chi connectivity index (χ0n) is 7.27. The van der Waals surface area contributed by atoms with Gasteiger partial charge in [0.25, 0.3) is 0 Å². The predicted octanol–water partition coefficient (Wildman–Crippen LogP) is 1.37. The van der Waals surface area contributed by atoms with Gasteiger partial charge in [0.05, 0.1) is 6.10 Å². The van der Waals surface area contributed by atoms with E-state index in [-0.39, 0.29) is 11.6 Å². The molecule has 0 aliphatic carbocycles. The van der Waals surface area contributed by atoms with E-state index in [0.29, 0.717) is 6.10 Å². The van der Waals surface area contributed by atoms with Gasteiger partial charge in [-0.05, 0) is 6.92 Å². The van der Waals surface area contributed by atoms with Crippen molar-refractivity contribution < 1.29 is 4.74 Å². The van der Waals surface area contributed by atoms with Gasteiger partial charge in [0.2, 0.25) is 0 Å². The number of ether oxygens (including phenoxy) is 1. The molecule has 1 N–H and O–H groups in total. The Kier molecular flexibility index (Phi) is 2.02. The smallest absolute Gasteiger partial charge is 0.113 e. The lowest BCUT2D eigenvalue weighted by molar-refractivity contribution is -0.0158. The molecule has 0 saturated carbocycles. The Balaban J connectivity index is 2.45. The van der Waals surface area contributed by atoms with Crippen molar-refractivity contribution in [3.63, 3.8) is 0 Å². The zero-order valence-corrected chi connectivity index (χ0v) is 7.27. The summed E-state index contributed by atoms with van der Waals surface area (Å²) in [5.74, 6) is 0. The van der Waals surface area contributed by atoms with Crippen LogP contribution in [-0.4, -0.2) is 18.9 Å². The van der Waals surface area contributed by atoms with Crippen LogP contribution in [0.1, 0.15) is 27.7 Å². The van der Waals surface area contributed by atoms with Gasteiger partial charge in [0, 0.05) is 12.0 Å². The Morgan fingerprint density at radius 3 is 2.20 bits per heavy atom. The fraction of sp³-hybridized carbons (Fsp3) is 1.00. The van der Waals surface area contributed by atoms with E-state index in [0.717, 1.165) is 6.54 Å². The lowest BCUT2D eigenvalue weighted by Gasteiger charge is -2.26. The van der Waals surface area contributed by atoms with Crippen molar-refractivity contribution in [1.82, 2.24) is 5.32 Å². The van der Waals surface area contributed by atoms with Gasteiger partial charge in [-0.25, -0.2) is 0 Å². The third-order valence-corrected chi connectivity index (χ3v) is 1.75. The van der Waals surface area contributed by atoms with Gasteiger partial charge in [0.15, 0.2) is 0 Å². The molecular formula is C8H17NO. The molecule has 1 heterocycles. The molecule has 2 nitrogen and oxygen atoms in total. The molecule has 0 radical (unpaired) electrons. The van der Waals surface area contributed by atoms with E-state index in [2.05, 4.69) is 33.0 Å². The van der Waals surface area contributed by atoms with Crippen LogP contribution in [0.25, 0.3) is 0 Å². The van der Waals surface area contributed by atoms with Crippen molar-refractivity contribution in [2.75, 3.05) is 6.54 Å². The average Bonchev–Trinajstić information content (AvgIpc) is 2.11. The fourth-order valence-electron chi connectivity index (χ4n) is 1.11. The van der Waals surface area contributed by atoms with Gasteiger partial charge in [-0.2, -0.15) is 0 Å². The van der Waals surface area contributed by atoms with Crippen LogP contribution in [-0.2, 0) is 4.74 Å². The Bertz CT molecular complexity index is 117. The van der Waals surface area contributed by atoms with Crippen molar-refractivity contribution in [2.45, 2.75) is 40.0 Å². The number of rotatable bonds is 0. The molecule has 1 aliphatic heterocycles. The first kappa shape index (κ1) is 8.02. The van der Waals surface area contributed by atoms with Crippen LogP contribution in [0.2, 0.25) is 0 Å². The quantitative estimate of drug-likeness (QED) is 0.553. The second-order valence-electron chi connectivity index (χ2n) is 4.10. The van der Waals surface area contributed by atoms with Crippen LogP contribution in [0.3, 0.4) is 0 Å². The summed E-state index contributed by atoms with van der Waals surface area (Å²) >= 11 is 0. The number of nitrogens with one attached hydrogen (secondary N) is 1. The minimum atomic E-state index is 0.227. The van der Waals surface area contributed by atoms with Crippen LogP contribution in [0.15, 0.2) is 0 Å². The van der Waals surface area contributed by atoms with Crippen LogP contribution < -0.4 is 5.32 Å². The first-order valence-corrected chi connectivity index (χ1v) is 3.89. The van der Waals surface area contributed by atoms with E-state index in [1.54, 1.807) is 0 Å². The lowest BCUT2D eigenvalue weighted by Crippen LogP contribution is -2.35. The minimum Gasteiger partial charge on any atom is -0.359 e. The van der Waals surface area contributed by atoms with Crippen molar-refractivity contribution in [2.24, 2.45) is 5.41 Å². The minimum absolute atomic E-state index is 0.227. The third kappa shape index (κ3) is 1.70. The van der Waals surface area contributed by atoms with Crippen LogP contribution in [0.4, 0.5) is 0 Å². The molecule has 60 valence electrons. The van der Waals surface area contributed by atoms with E-state index < -0.39 is 0 Å². The first-order chi connectivity index (χ1) is 4.50. The molecule has 10 heavy (non-hydrogen) atoms. The topological polar surface area (TPSA) is 21.3 Å². The zero-order chi connectivity index (χ0) is 7.78. The molecule has 2 atom stereocenters. The molecule has 1 rings (SSSR count). The summed E-state index contributed by atoms with van der Waals surface area (Å²) in [4.78, 5) is 0. The Hall–Kier alpha value is -0.0800. The Morgan fingerprint density at radius 1 is 1.40 bits per heavy atom. The SMILES string of the molecule is CC1CNC(C(C)(C)C)O1. The molecule has 0 bridgehead atoms. The molecule has 1 aliphatic rings. The monoisotopic (exact) mass is 143 g/mol. The lowest BCUT2D eigenvalue weighted by atomic mass is 9.94. The average molecular weight is 143 g/mol.